The van der Waals surface area contributed by atoms with Gasteiger partial charge in [0, 0.05) is 50.0 Å². The molecule has 4 rings (SSSR count). The van der Waals surface area contributed by atoms with Gasteiger partial charge < -0.3 is 25.8 Å². The first-order chi connectivity index (χ1) is 13.2. The average Bonchev–Trinajstić information content (AvgIpc) is 3.34. The summed E-state index contributed by atoms with van der Waals surface area (Å²) >= 11 is 0. The number of fused-ring (bicyclic) bond motifs is 1. The lowest BCUT2D eigenvalue weighted by molar-refractivity contribution is 0.209. The molecule has 0 aliphatic carbocycles. The molecule has 0 radical (unpaired) electrons. The van der Waals surface area contributed by atoms with Crippen molar-refractivity contribution in [1.29, 1.82) is 0 Å². The third-order valence-corrected chi connectivity index (χ3v) is 4.95. The summed E-state index contributed by atoms with van der Waals surface area (Å²) in [6.07, 6.45) is 4.43. The number of aliphatic imine (C=N–C) groups is 1. The Labute approximate surface area is 155 Å². The van der Waals surface area contributed by atoms with Gasteiger partial charge in [-0.25, -0.2) is 14.2 Å². The van der Waals surface area contributed by atoms with Crippen LogP contribution in [-0.4, -0.2) is 60.0 Å². The lowest BCUT2D eigenvalue weighted by Gasteiger charge is -2.21. The molecule has 0 saturated carbocycles. The van der Waals surface area contributed by atoms with Crippen LogP contribution in [0.3, 0.4) is 0 Å². The first-order valence-corrected chi connectivity index (χ1v) is 8.99. The number of pyridine rings is 1. The highest BCUT2D eigenvalue weighted by molar-refractivity contribution is 6.09. The molecule has 1 atom stereocenters. The minimum Gasteiger partial charge on any atom is -0.369 e. The molecule has 142 valence electrons. The first-order valence-electron chi connectivity index (χ1n) is 8.99. The number of amides is 2. The van der Waals surface area contributed by atoms with Crippen molar-refractivity contribution in [2.24, 2.45) is 10.9 Å². The summed E-state index contributed by atoms with van der Waals surface area (Å²) in [5.74, 6) is 0.912. The predicted molar refractivity (Wildman–Crippen MR) is 101 cm³/mol. The highest BCUT2D eigenvalue weighted by Gasteiger charge is 2.26. The average molecular weight is 371 g/mol. The summed E-state index contributed by atoms with van der Waals surface area (Å²) in [5, 5.41) is 9.80. The standard InChI is InChI=1S/C18H22FN7O/c1-20-18(27)26-6-4-11(10-26)7-22-17-14(19)9-24-16(25-17)13-8-23-15-12(13)3-2-5-21-15/h2-3,5,8,11,22H,4,6-7,9-10H2,1H3,(H,20,27)(H,21,23)(H,24,25)/t11-/m0/s1. The Hall–Kier alpha value is -3.10. The molecule has 2 amide bonds. The second kappa shape index (κ2) is 7.26. The summed E-state index contributed by atoms with van der Waals surface area (Å²) in [4.78, 5) is 25.1. The van der Waals surface area contributed by atoms with Crippen molar-refractivity contribution in [2.75, 3.05) is 33.2 Å². The number of nitrogens with zero attached hydrogens (tertiary/aromatic N) is 3. The van der Waals surface area contributed by atoms with Gasteiger partial charge in [-0.1, -0.05) is 0 Å². The first kappa shape index (κ1) is 17.3. The lowest BCUT2D eigenvalue weighted by atomic mass is 10.1. The number of halogens is 1. The van der Waals surface area contributed by atoms with Gasteiger partial charge in [0.05, 0.1) is 6.54 Å². The van der Waals surface area contributed by atoms with E-state index in [-0.39, 0.29) is 24.3 Å². The van der Waals surface area contributed by atoms with E-state index in [0.717, 1.165) is 29.6 Å². The number of aromatic amines is 1. The molecule has 8 nitrogen and oxygen atoms in total. The zero-order valence-electron chi connectivity index (χ0n) is 15.1. The highest BCUT2D eigenvalue weighted by atomic mass is 19.1. The number of urea groups is 1. The van der Waals surface area contributed by atoms with Gasteiger partial charge >= 0.3 is 6.03 Å². The molecule has 2 aromatic heterocycles. The van der Waals surface area contributed by atoms with Crippen LogP contribution >= 0.6 is 0 Å². The monoisotopic (exact) mass is 371 g/mol. The smallest absolute Gasteiger partial charge is 0.317 e. The van der Waals surface area contributed by atoms with E-state index in [1.165, 1.54) is 0 Å². The van der Waals surface area contributed by atoms with E-state index in [4.69, 9.17) is 0 Å². The van der Waals surface area contributed by atoms with E-state index in [2.05, 4.69) is 30.9 Å². The van der Waals surface area contributed by atoms with Crippen LogP contribution in [0.2, 0.25) is 0 Å². The van der Waals surface area contributed by atoms with Gasteiger partial charge in [-0.3, -0.25) is 4.99 Å². The van der Waals surface area contributed by atoms with Gasteiger partial charge in [0.2, 0.25) is 0 Å². The van der Waals surface area contributed by atoms with Crippen molar-refractivity contribution < 1.29 is 9.18 Å². The molecule has 0 spiro atoms. The van der Waals surface area contributed by atoms with E-state index >= 15 is 0 Å². The maximum Gasteiger partial charge on any atom is 0.317 e. The second-order valence-corrected chi connectivity index (χ2v) is 6.71. The zero-order chi connectivity index (χ0) is 18.8. The molecule has 0 bridgehead atoms. The molecule has 0 aromatic carbocycles. The van der Waals surface area contributed by atoms with Crippen LogP contribution < -0.4 is 16.0 Å². The van der Waals surface area contributed by atoms with Gasteiger partial charge in [-0.05, 0) is 24.5 Å². The summed E-state index contributed by atoms with van der Waals surface area (Å²) in [6.45, 7) is 1.96. The maximum atomic E-state index is 14.3. The van der Waals surface area contributed by atoms with Gasteiger partial charge in [0.15, 0.2) is 5.83 Å². The van der Waals surface area contributed by atoms with Crippen LogP contribution in [0.5, 0.6) is 0 Å². The lowest BCUT2D eigenvalue weighted by Crippen LogP contribution is -2.39. The van der Waals surface area contributed by atoms with Crippen LogP contribution in [0.4, 0.5) is 9.18 Å². The molecule has 2 aromatic rings. The van der Waals surface area contributed by atoms with E-state index in [1.807, 2.05) is 18.3 Å². The molecule has 2 aliphatic rings. The van der Waals surface area contributed by atoms with E-state index in [1.54, 1.807) is 18.1 Å². The minimum absolute atomic E-state index is 0.00731. The van der Waals surface area contributed by atoms with E-state index in [9.17, 15) is 9.18 Å². The van der Waals surface area contributed by atoms with Gasteiger partial charge in [-0.2, -0.15) is 0 Å². The quantitative estimate of drug-likeness (QED) is 0.651. The molecule has 4 heterocycles. The van der Waals surface area contributed by atoms with E-state index < -0.39 is 0 Å². The number of likely N-dealkylation sites (tertiary alicyclic amines) is 1. The molecule has 0 unspecified atom stereocenters. The Morgan fingerprint density at radius 2 is 2.37 bits per heavy atom. The van der Waals surface area contributed by atoms with Crippen molar-refractivity contribution >= 4 is 22.9 Å². The minimum atomic E-state index is -0.321. The fraction of sp³-hybridized carbons (Fsp3) is 0.389. The van der Waals surface area contributed by atoms with E-state index in [0.29, 0.717) is 24.7 Å². The third kappa shape index (κ3) is 3.44. The predicted octanol–water partition coefficient (Wildman–Crippen LogP) is 1.30. The molecule has 2 aliphatic heterocycles. The SMILES string of the molecule is CNC(=O)N1CC[C@@H](CNC2=C(F)CN=C(c3c[nH]c4ncccc34)N2)C1. The van der Waals surface area contributed by atoms with Gasteiger partial charge in [-0.15, -0.1) is 0 Å². The number of aromatic nitrogens is 2. The Bertz CT molecular complexity index is 919. The number of H-pyrrole nitrogens is 1. The molecular formula is C18H22FN7O. The number of amidine groups is 1. The molecular weight excluding hydrogens is 349 g/mol. The summed E-state index contributed by atoms with van der Waals surface area (Å²) in [6, 6.07) is 3.74. The largest absolute Gasteiger partial charge is 0.369 e. The number of carbonyl (C=O) groups excluding carboxylic acids is 1. The number of nitrogens with one attached hydrogen (secondary N) is 4. The zero-order valence-corrected chi connectivity index (χ0v) is 15.1. The summed E-state index contributed by atoms with van der Waals surface area (Å²) in [7, 11) is 1.63. The topological polar surface area (TPSA) is 97.4 Å². The fourth-order valence-corrected chi connectivity index (χ4v) is 3.49. The number of hydrogen-bond donors (Lipinski definition) is 4. The van der Waals surface area contributed by atoms with Crippen molar-refractivity contribution in [2.45, 2.75) is 6.42 Å². The van der Waals surface area contributed by atoms with Crippen LogP contribution in [0.25, 0.3) is 11.0 Å². The fourth-order valence-electron chi connectivity index (χ4n) is 3.49. The van der Waals surface area contributed by atoms with Crippen LogP contribution in [-0.2, 0) is 0 Å². The van der Waals surface area contributed by atoms with Crippen LogP contribution in [0, 0.1) is 5.92 Å². The maximum absolute atomic E-state index is 14.3. The Morgan fingerprint density at radius 1 is 1.48 bits per heavy atom. The molecule has 1 fully saturated rings. The van der Waals surface area contributed by atoms with Gasteiger partial charge in [0.1, 0.15) is 17.3 Å². The molecule has 1 saturated heterocycles. The molecule has 27 heavy (non-hydrogen) atoms. The van der Waals surface area contributed by atoms with Crippen molar-refractivity contribution in [3.8, 4) is 0 Å². The van der Waals surface area contributed by atoms with Crippen molar-refractivity contribution in [3.63, 3.8) is 0 Å². The van der Waals surface area contributed by atoms with Crippen LogP contribution in [0.1, 0.15) is 12.0 Å². The third-order valence-electron chi connectivity index (χ3n) is 4.95. The van der Waals surface area contributed by atoms with Crippen molar-refractivity contribution in [1.82, 2.24) is 30.8 Å². The number of rotatable bonds is 4. The Morgan fingerprint density at radius 3 is 3.22 bits per heavy atom. The molecule has 9 heteroatoms. The van der Waals surface area contributed by atoms with Gasteiger partial charge in [0.25, 0.3) is 0 Å². The molecule has 4 N–H and O–H groups in total. The normalized spacial score (nSPS) is 19.9. The Balaban J connectivity index is 1.40. The second-order valence-electron chi connectivity index (χ2n) is 6.71. The van der Waals surface area contributed by atoms with Crippen LogP contribution in [0.15, 0.2) is 41.2 Å². The highest BCUT2D eigenvalue weighted by Crippen LogP contribution is 2.20. The number of carbonyl (C=O) groups is 1. The summed E-state index contributed by atoms with van der Waals surface area (Å²) < 4.78 is 14.3. The summed E-state index contributed by atoms with van der Waals surface area (Å²) in [5.41, 5.74) is 1.62. The number of hydrogen-bond acceptors (Lipinski definition) is 5. The Kier molecular flexibility index (Phi) is 4.66. The van der Waals surface area contributed by atoms with Crippen molar-refractivity contribution in [3.05, 3.63) is 41.7 Å².